The van der Waals surface area contributed by atoms with Crippen molar-refractivity contribution in [3.63, 3.8) is 0 Å². The number of carbonyl (C=O) groups is 1. The molecule has 72 valence electrons. The quantitative estimate of drug-likeness (QED) is 0.444. The highest BCUT2D eigenvalue weighted by Crippen LogP contribution is 2.43. The van der Waals surface area contributed by atoms with Gasteiger partial charge in [-0.25, -0.2) is 4.79 Å². The number of esters is 1. The fourth-order valence-corrected chi connectivity index (χ4v) is 2.50. The monoisotopic (exact) mass is 182 g/mol. The highest BCUT2D eigenvalue weighted by Gasteiger charge is 2.46. The summed E-state index contributed by atoms with van der Waals surface area (Å²) in [5.74, 6) is 0.302. The number of fused-ring (bicyclic) bond motifs is 1. The first-order valence-electron chi connectivity index (χ1n) is 4.65. The minimum atomic E-state index is -0.402. The highest BCUT2D eigenvalue weighted by atomic mass is 16.5. The standard InChI is InChI=1S/C10H14O3/c1-5-3-8(11)9-6(2)10(12)13-4-7(5)9/h5,7-9,11H,2-4H2,1H3/t5-,7?,8?,9?/m0/s1. The zero-order chi connectivity index (χ0) is 9.59. The Morgan fingerprint density at radius 3 is 3.00 bits per heavy atom. The van der Waals surface area contributed by atoms with Gasteiger partial charge in [0.25, 0.3) is 0 Å². The van der Waals surface area contributed by atoms with Crippen LogP contribution in [0.2, 0.25) is 0 Å². The lowest BCUT2D eigenvalue weighted by Gasteiger charge is -2.29. The van der Waals surface area contributed by atoms with Gasteiger partial charge in [0.1, 0.15) is 0 Å². The zero-order valence-electron chi connectivity index (χ0n) is 7.69. The Labute approximate surface area is 77.4 Å². The lowest BCUT2D eigenvalue weighted by molar-refractivity contribution is -0.146. The molecule has 2 rings (SSSR count). The lowest BCUT2D eigenvalue weighted by Crippen LogP contribution is -2.35. The molecule has 0 aromatic heterocycles. The predicted octanol–water partition coefficient (Wildman–Crippen LogP) is 0.732. The molecular weight excluding hydrogens is 168 g/mol. The molecule has 1 saturated heterocycles. The Balaban J connectivity index is 2.25. The van der Waals surface area contributed by atoms with Gasteiger partial charge in [0.15, 0.2) is 0 Å². The molecule has 2 fully saturated rings. The number of hydrogen-bond acceptors (Lipinski definition) is 3. The van der Waals surface area contributed by atoms with E-state index in [9.17, 15) is 9.90 Å². The van der Waals surface area contributed by atoms with E-state index < -0.39 is 6.10 Å². The van der Waals surface area contributed by atoms with Gasteiger partial charge in [0.2, 0.25) is 0 Å². The van der Waals surface area contributed by atoms with Crippen LogP contribution in [0.4, 0.5) is 0 Å². The van der Waals surface area contributed by atoms with E-state index in [2.05, 4.69) is 13.5 Å². The largest absolute Gasteiger partial charge is 0.462 e. The van der Waals surface area contributed by atoms with E-state index in [0.29, 0.717) is 18.1 Å². The summed E-state index contributed by atoms with van der Waals surface area (Å²) >= 11 is 0. The van der Waals surface area contributed by atoms with E-state index in [1.165, 1.54) is 0 Å². The van der Waals surface area contributed by atoms with Gasteiger partial charge in [-0.1, -0.05) is 13.5 Å². The molecule has 2 aliphatic rings. The van der Waals surface area contributed by atoms with Gasteiger partial charge in [-0.2, -0.15) is 0 Å². The number of rotatable bonds is 0. The molecule has 13 heavy (non-hydrogen) atoms. The third-order valence-electron chi connectivity index (χ3n) is 3.29. The second-order valence-corrected chi connectivity index (χ2v) is 4.09. The first-order valence-corrected chi connectivity index (χ1v) is 4.65. The van der Waals surface area contributed by atoms with Crippen molar-refractivity contribution in [2.75, 3.05) is 6.61 Å². The van der Waals surface area contributed by atoms with Crippen LogP contribution in [0, 0.1) is 17.8 Å². The molecule has 3 heteroatoms. The molecule has 0 aromatic carbocycles. The lowest BCUT2D eigenvalue weighted by atomic mass is 9.84. The Bertz CT molecular complexity index is 259. The molecule has 1 N–H and O–H groups in total. The van der Waals surface area contributed by atoms with E-state index in [4.69, 9.17) is 4.74 Å². The maximum absolute atomic E-state index is 11.2. The second kappa shape index (κ2) is 2.84. The normalized spacial score (nSPS) is 44.5. The van der Waals surface area contributed by atoms with Crippen LogP contribution in [0.3, 0.4) is 0 Å². The third kappa shape index (κ3) is 1.18. The summed E-state index contributed by atoms with van der Waals surface area (Å²) in [6.45, 7) is 6.22. The molecule has 3 unspecified atom stereocenters. The van der Waals surface area contributed by atoms with Gasteiger partial charge in [-0.05, 0) is 12.3 Å². The van der Waals surface area contributed by atoms with Crippen molar-refractivity contribution in [3.05, 3.63) is 12.2 Å². The van der Waals surface area contributed by atoms with Crippen LogP contribution in [-0.4, -0.2) is 23.8 Å². The van der Waals surface area contributed by atoms with Crippen molar-refractivity contribution in [1.29, 1.82) is 0 Å². The smallest absolute Gasteiger partial charge is 0.333 e. The van der Waals surface area contributed by atoms with E-state index in [-0.39, 0.29) is 17.8 Å². The Kier molecular flexibility index (Phi) is 1.91. The molecule has 0 spiro atoms. The Morgan fingerprint density at radius 2 is 2.31 bits per heavy atom. The highest BCUT2D eigenvalue weighted by molar-refractivity contribution is 5.89. The van der Waals surface area contributed by atoms with Crippen molar-refractivity contribution in [2.45, 2.75) is 19.4 Å². The van der Waals surface area contributed by atoms with Gasteiger partial charge < -0.3 is 9.84 Å². The SMILES string of the molecule is C=C1C(=O)OCC2C1C(O)C[C@@H]2C. The average Bonchev–Trinajstić information content (AvgIpc) is 2.35. The summed E-state index contributed by atoms with van der Waals surface area (Å²) in [6.07, 6.45) is 0.352. The topological polar surface area (TPSA) is 46.5 Å². The summed E-state index contributed by atoms with van der Waals surface area (Å²) in [4.78, 5) is 11.2. The summed E-state index contributed by atoms with van der Waals surface area (Å²) in [6, 6.07) is 0. The molecule has 0 radical (unpaired) electrons. The van der Waals surface area contributed by atoms with Crippen molar-refractivity contribution >= 4 is 5.97 Å². The zero-order valence-corrected chi connectivity index (χ0v) is 7.69. The number of cyclic esters (lactones) is 1. The van der Waals surface area contributed by atoms with Gasteiger partial charge >= 0.3 is 5.97 Å². The molecule has 4 atom stereocenters. The van der Waals surface area contributed by atoms with Gasteiger partial charge in [0.05, 0.1) is 12.7 Å². The van der Waals surface area contributed by atoms with Gasteiger partial charge in [0, 0.05) is 17.4 Å². The van der Waals surface area contributed by atoms with E-state index in [1.54, 1.807) is 0 Å². The summed E-state index contributed by atoms with van der Waals surface area (Å²) < 4.78 is 4.97. The fourth-order valence-electron chi connectivity index (χ4n) is 2.50. The molecule has 1 saturated carbocycles. The van der Waals surface area contributed by atoms with Crippen LogP contribution in [0.5, 0.6) is 0 Å². The van der Waals surface area contributed by atoms with Crippen molar-refractivity contribution in [1.82, 2.24) is 0 Å². The minimum Gasteiger partial charge on any atom is -0.462 e. The van der Waals surface area contributed by atoms with Crippen molar-refractivity contribution in [3.8, 4) is 0 Å². The van der Waals surface area contributed by atoms with Crippen molar-refractivity contribution in [2.24, 2.45) is 17.8 Å². The number of carbonyl (C=O) groups excluding carboxylic acids is 1. The van der Waals surface area contributed by atoms with E-state index >= 15 is 0 Å². The van der Waals surface area contributed by atoms with Gasteiger partial charge in [-0.15, -0.1) is 0 Å². The number of ether oxygens (including phenoxy) is 1. The van der Waals surface area contributed by atoms with Crippen LogP contribution in [0.25, 0.3) is 0 Å². The van der Waals surface area contributed by atoms with Crippen LogP contribution in [0.1, 0.15) is 13.3 Å². The molecule has 0 bridgehead atoms. The fraction of sp³-hybridized carbons (Fsp3) is 0.700. The van der Waals surface area contributed by atoms with Crippen molar-refractivity contribution < 1.29 is 14.6 Å². The average molecular weight is 182 g/mol. The van der Waals surface area contributed by atoms with E-state index in [0.717, 1.165) is 6.42 Å². The number of hydrogen-bond donors (Lipinski definition) is 1. The Hall–Kier alpha value is -0.830. The van der Waals surface area contributed by atoms with Gasteiger partial charge in [-0.3, -0.25) is 0 Å². The first kappa shape index (κ1) is 8.75. The van der Waals surface area contributed by atoms with Crippen LogP contribution >= 0.6 is 0 Å². The van der Waals surface area contributed by atoms with E-state index in [1.807, 2.05) is 0 Å². The number of aliphatic hydroxyl groups is 1. The predicted molar refractivity (Wildman–Crippen MR) is 46.9 cm³/mol. The Morgan fingerprint density at radius 1 is 1.62 bits per heavy atom. The molecule has 1 aliphatic carbocycles. The maximum Gasteiger partial charge on any atom is 0.333 e. The minimum absolute atomic E-state index is 0.0590. The summed E-state index contributed by atoms with van der Waals surface area (Å²) in [5, 5.41) is 9.71. The molecule has 0 amide bonds. The summed E-state index contributed by atoms with van der Waals surface area (Å²) in [5.41, 5.74) is 0.452. The van der Waals surface area contributed by atoms with Crippen LogP contribution in [-0.2, 0) is 9.53 Å². The third-order valence-corrected chi connectivity index (χ3v) is 3.29. The molecular formula is C10H14O3. The second-order valence-electron chi connectivity index (χ2n) is 4.09. The summed E-state index contributed by atoms with van der Waals surface area (Å²) in [7, 11) is 0. The molecule has 0 aromatic rings. The molecule has 1 heterocycles. The first-order chi connectivity index (χ1) is 6.11. The molecule has 3 nitrogen and oxygen atoms in total. The maximum atomic E-state index is 11.2. The van der Waals surface area contributed by atoms with Crippen LogP contribution < -0.4 is 0 Å². The van der Waals surface area contributed by atoms with Crippen LogP contribution in [0.15, 0.2) is 12.2 Å². The molecule has 1 aliphatic heterocycles. The number of aliphatic hydroxyl groups excluding tert-OH is 1.